The zero-order valence-corrected chi connectivity index (χ0v) is 9.05. The van der Waals surface area contributed by atoms with Crippen LogP contribution in [0.25, 0.3) is 5.82 Å². The molecule has 0 aliphatic rings. The van der Waals surface area contributed by atoms with E-state index in [1.165, 1.54) is 12.5 Å². The third-order valence-electron chi connectivity index (χ3n) is 1.78. The number of carboxylic acids is 1. The molecule has 0 aliphatic carbocycles. The van der Waals surface area contributed by atoms with Crippen molar-refractivity contribution in [3.8, 4) is 5.82 Å². The van der Waals surface area contributed by atoms with Crippen molar-refractivity contribution in [3.05, 3.63) is 41.0 Å². The Kier molecular flexibility index (Phi) is 2.51. The largest absolute Gasteiger partial charge is 0.476 e. The lowest BCUT2D eigenvalue weighted by Crippen LogP contribution is -1.96. The Hall–Kier alpha value is -1.69. The predicted molar refractivity (Wildman–Crippen MR) is 56.0 cm³/mol. The SMILES string of the molecule is O=C(O)c1cn(-c2ccc(Br)cn2)cn1. The summed E-state index contributed by atoms with van der Waals surface area (Å²) in [5.41, 5.74) is -0.000260. The molecule has 0 bridgehead atoms. The van der Waals surface area contributed by atoms with Crippen LogP contribution in [-0.2, 0) is 0 Å². The first-order chi connectivity index (χ1) is 7.16. The van der Waals surface area contributed by atoms with Gasteiger partial charge in [0.2, 0.25) is 0 Å². The van der Waals surface area contributed by atoms with E-state index >= 15 is 0 Å². The van der Waals surface area contributed by atoms with Crippen molar-refractivity contribution >= 4 is 21.9 Å². The van der Waals surface area contributed by atoms with Crippen LogP contribution in [0.2, 0.25) is 0 Å². The van der Waals surface area contributed by atoms with Crippen molar-refractivity contribution in [2.24, 2.45) is 0 Å². The van der Waals surface area contributed by atoms with E-state index in [9.17, 15) is 4.79 Å². The third kappa shape index (κ3) is 2.04. The van der Waals surface area contributed by atoms with Gasteiger partial charge in [0, 0.05) is 16.9 Å². The highest BCUT2D eigenvalue weighted by Gasteiger charge is 2.07. The molecule has 1 N–H and O–H groups in total. The maximum Gasteiger partial charge on any atom is 0.356 e. The first-order valence-electron chi connectivity index (χ1n) is 4.06. The summed E-state index contributed by atoms with van der Waals surface area (Å²) in [4.78, 5) is 18.4. The maximum atomic E-state index is 10.6. The third-order valence-corrected chi connectivity index (χ3v) is 2.25. The van der Waals surface area contributed by atoms with E-state index < -0.39 is 5.97 Å². The summed E-state index contributed by atoms with van der Waals surface area (Å²) in [7, 11) is 0. The van der Waals surface area contributed by atoms with Crippen molar-refractivity contribution in [3.63, 3.8) is 0 Å². The number of hydrogen-bond donors (Lipinski definition) is 1. The van der Waals surface area contributed by atoms with Gasteiger partial charge in [-0.3, -0.25) is 4.57 Å². The summed E-state index contributed by atoms with van der Waals surface area (Å²) in [5, 5.41) is 8.69. The Balaban J connectivity index is 2.37. The molecule has 0 spiro atoms. The van der Waals surface area contributed by atoms with Gasteiger partial charge in [-0.25, -0.2) is 14.8 Å². The highest BCUT2D eigenvalue weighted by Crippen LogP contribution is 2.11. The molecule has 0 fully saturated rings. The van der Waals surface area contributed by atoms with Crippen LogP contribution in [0.4, 0.5) is 0 Å². The number of imidazole rings is 1. The van der Waals surface area contributed by atoms with Gasteiger partial charge < -0.3 is 5.11 Å². The second kappa shape index (κ2) is 3.82. The Morgan fingerprint density at radius 2 is 2.20 bits per heavy atom. The standard InChI is InChI=1S/C9H6BrN3O2/c10-6-1-2-8(11-3-6)13-4-7(9(14)15)12-5-13/h1-5H,(H,14,15). The number of carboxylic acid groups (broad SMARTS) is 1. The minimum absolute atomic E-state index is 0.000260. The van der Waals surface area contributed by atoms with E-state index in [2.05, 4.69) is 25.9 Å². The normalized spacial score (nSPS) is 10.2. The summed E-state index contributed by atoms with van der Waals surface area (Å²) in [6.07, 6.45) is 4.47. The van der Waals surface area contributed by atoms with Crippen molar-refractivity contribution < 1.29 is 9.90 Å². The molecule has 0 saturated carbocycles. The van der Waals surface area contributed by atoms with E-state index in [0.29, 0.717) is 5.82 Å². The second-order valence-corrected chi connectivity index (χ2v) is 3.72. The molecule has 76 valence electrons. The van der Waals surface area contributed by atoms with Crippen LogP contribution in [0.5, 0.6) is 0 Å². The van der Waals surface area contributed by atoms with E-state index in [1.807, 2.05) is 6.07 Å². The van der Waals surface area contributed by atoms with Crippen molar-refractivity contribution in [1.29, 1.82) is 0 Å². The van der Waals surface area contributed by atoms with Crippen LogP contribution >= 0.6 is 15.9 Å². The second-order valence-electron chi connectivity index (χ2n) is 2.81. The quantitative estimate of drug-likeness (QED) is 0.900. The number of hydrogen-bond acceptors (Lipinski definition) is 3. The lowest BCUT2D eigenvalue weighted by atomic mass is 10.4. The molecule has 2 aromatic heterocycles. The smallest absolute Gasteiger partial charge is 0.356 e. The summed E-state index contributed by atoms with van der Waals surface area (Å²) < 4.78 is 2.42. The fraction of sp³-hybridized carbons (Fsp3) is 0. The molecule has 2 heterocycles. The molecule has 2 rings (SSSR count). The van der Waals surface area contributed by atoms with Crippen LogP contribution in [-0.4, -0.2) is 25.6 Å². The van der Waals surface area contributed by atoms with Gasteiger partial charge in [0.05, 0.1) is 0 Å². The van der Waals surface area contributed by atoms with Crippen molar-refractivity contribution in [2.45, 2.75) is 0 Å². The lowest BCUT2D eigenvalue weighted by Gasteiger charge is -1.99. The van der Waals surface area contributed by atoms with Gasteiger partial charge in [-0.15, -0.1) is 0 Å². The van der Waals surface area contributed by atoms with E-state index in [1.54, 1.807) is 16.8 Å². The molecule has 0 radical (unpaired) electrons. The predicted octanol–water partition coefficient (Wildman–Crippen LogP) is 1.73. The molecule has 0 atom stereocenters. The minimum atomic E-state index is -1.05. The Bertz CT molecular complexity index is 492. The van der Waals surface area contributed by atoms with Crippen LogP contribution in [0.3, 0.4) is 0 Å². The van der Waals surface area contributed by atoms with Crippen LogP contribution in [0, 0.1) is 0 Å². The average molecular weight is 268 g/mol. The van der Waals surface area contributed by atoms with E-state index in [4.69, 9.17) is 5.11 Å². The number of nitrogens with zero attached hydrogens (tertiary/aromatic N) is 3. The summed E-state index contributed by atoms with van der Waals surface area (Å²) >= 11 is 3.26. The van der Waals surface area contributed by atoms with Gasteiger partial charge in [0.15, 0.2) is 5.69 Å². The van der Waals surface area contributed by atoms with Gasteiger partial charge in [-0.2, -0.15) is 0 Å². The Morgan fingerprint density at radius 3 is 2.73 bits per heavy atom. The average Bonchev–Trinajstić information content (AvgIpc) is 2.68. The zero-order chi connectivity index (χ0) is 10.8. The monoisotopic (exact) mass is 267 g/mol. The van der Waals surface area contributed by atoms with Gasteiger partial charge in [0.1, 0.15) is 12.1 Å². The highest BCUT2D eigenvalue weighted by molar-refractivity contribution is 9.10. The van der Waals surface area contributed by atoms with Crippen LogP contribution in [0.15, 0.2) is 35.3 Å². The number of halogens is 1. The topological polar surface area (TPSA) is 68.0 Å². The molecule has 6 heteroatoms. The molecule has 0 saturated heterocycles. The van der Waals surface area contributed by atoms with Gasteiger partial charge >= 0.3 is 5.97 Å². The number of carbonyl (C=O) groups is 1. The molecule has 5 nitrogen and oxygen atoms in total. The highest BCUT2D eigenvalue weighted by atomic mass is 79.9. The fourth-order valence-corrected chi connectivity index (χ4v) is 1.31. The van der Waals surface area contributed by atoms with Gasteiger partial charge in [0.25, 0.3) is 0 Å². The molecule has 0 aliphatic heterocycles. The number of pyridine rings is 1. The molecular formula is C9H6BrN3O2. The van der Waals surface area contributed by atoms with Crippen molar-refractivity contribution in [1.82, 2.24) is 14.5 Å². The summed E-state index contributed by atoms with van der Waals surface area (Å²) in [6, 6.07) is 3.58. The Morgan fingerprint density at radius 1 is 1.40 bits per heavy atom. The number of aromatic nitrogens is 3. The van der Waals surface area contributed by atoms with E-state index in [0.717, 1.165) is 4.47 Å². The maximum absolute atomic E-state index is 10.6. The molecular weight excluding hydrogens is 262 g/mol. The summed E-state index contributed by atoms with van der Waals surface area (Å²) in [5.74, 6) is -0.427. The fourth-order valence-electron chi connectivity index (χ4n) is 1.08. The van der Waals surface area contributed by atoms with E-state index in [-0.39, 0.29) is 5.69 Å². The molecule has 0 aromatic carbocycles. The molecule has 2 aromatic rings. The molecule has 0 amide bonds. The number of rotatable bonds is 2. The first kappa shape index (κ1) is 9.85. The van der Waals surface area contributed by atoms with Crippen LogP contribution < -0.4 is 0 Å². The number of aromatic carboxylic acids is 1. The Labute approximate surface area is 93.5 Å². The van der Waals surface area contributed by atoms with Gasteiger partial charge in [-0.1, -0.05) is 0 Å². The van der Waals surface area contributed by atoms with Crippen molar-refractivity contribution in [2.75, 3.05) is 0 Å². The van der Waals surface area contributed by atoms with Gasteiger partial charge in [-0.05, 0) is 28.1 Å². The minimum Gasteiger partial charge on any atom is -0.476 e. The molecule has 0 unspecified atom stereocenters. The summed E-state index contributed by atoms with van der Waals surface area (Å²) in [6.45, 7) is 0. The lowest BCUT2D eigenvalue weighted by molar-refractivity contribution is 0.0691. The van der Waals surface area contributed by atoms with Crippen LogP contribution in [0.1, 0.15) is 10.5 Å². The molecule has 15 heavy (non-hydrogen) atoms. The first-order valence-corrected chi connectivity index (χ1v) is 4.85. The zero-order valence-electron chi connectivity index (χ0n) is 7.46.